The maximum absolute atomic E-state index is 12.2. The fraction of sp³-hybridized carbons (Fsp3) is 0.857. The SMILES string of the molecule is N#CC1(C(=O)NCCCOCCO)CCCCCC1. The van der Waals surface area contributed by atoms with Crippen molar-refractivity contribution in [2.75, 3.05) is 26.4 Å². The van der Waals surface area contributed by atoms with E-state index in [4.69, 9.17) is 9.84 Å². The molecule has 5 nitrogen and oxygen atoms in total. The number of ether oxygens (including phenoxy) is 1. The van der Waals surface area contributed by atoms with E-state index in [0.717, 1.165) is 25.7 Å². The van der Waals surface area contributed by atoms with Crippen LogP contribution in [0.5, 0.6) is 0 Å². The van der Waals surface area contributed by atoms with E-state index in [1.807, 2.05) is 0 Å². The van der Waals surface area contributed by atoms with Crippen molar-refractivity contribution in [1.82, 2.24) is 5.32 Å². The van der Waals surface area contributed by atoms with Gasteiger partial charge in [-0.15, -0.1) is 0 Å². The third kappa shape index (κ3) is 5.17. The lowest BCUT2D eigenvalue weighted by Crippen LogP contribution is -2.40. The smallest absolute Gasteiger partial charge is 0.240 e. The molecule has 108 valence electrons. The van der Waals surface area contributed by atoms with Crippen molar-refractivity contribution in [3.05, 3.63) is 0 Å². The first-order valence-corrected chi connectivity index (χ1v) is 7.13. The van der Waals surface area contributed by atoms with E-state index in [-0.39, 0.29) is 12.5 Å². The summed E-state index contributed by atoms with van der Waals surface area (Å²) in [4.78, 5) is 12.2. The molecule has 0 heterocycles. The van der Waals surface area contributed by atoms with Gasteiger partial charge in [0.2, 0.25) is 5.91 Å². The quantitative estimate of drug-likeness (QED) is 0.539. The van der Waals surface area contributed by atoms with Crippen molar-refractivity contribution in [2.45, 2.75) is 44.9 Å². The van der Waals surface area contributed by atoms with Crippen LogP contribution in [0.2, 0.25) is 0 Å². The molecule has 1 fully saturated rings. The Morgan fingerprint density at radius 1 is 1.26 bits per heavy atom. The van der Waals surface area contributed by atoms with Crippen molar-refractivity contribution in [1.29, 1.82) is 5.26 Å². The van der Waals surface area contributed by atoms with Gasteiger partial charge < -0.3 is 15.2 Å². The van der Waals surface area contributed by atoms with E-state index in [1.54, 1.807) is 0 Å². The molecule has 1 aliphatic carbocycles. The minimum absolute atomic E-state index is 0.0178. The van der Waals surface area contributed by atoms with Crippen molar-refractivity contribution < 1.29 is 14.6 Å². The zero-order valence-corrected chi connectivity index (χ0v) is 11.5. The van der Waals surface area contributed by atoms with Gasteiger partial charge in [0.25, 0.3) is 0 Å². The van der Waals surface area contributed by atoms with Gasteiger partial charge in [0.15, 0.2) is 0 Å². The number of aliphatic hydroxyl groups excluding tert-OH is 1. The molecule has 0 aliphatic heterocycles. The molecule has 0 radical (unpaired) electrons. The zero-order valence-electron chi connectivity index (χ0n) is 11.5. The van der Waals surface area contributed by atoms with Crippen LogP contribution in [0.25, 0.3) is 0 Å². The van der Waals surface area contributed by atoms with E-state index in [9.17, 15) is 10.1 Å². The molecule has 1 saturated carbocycles. The summed E-state index contributed by atoms with van der Waals surface area (Å²) in [7, 11) is 0. The van der Waals surface area contributed by atoms with Crippen molar-refractivity contribution in [3.8, 4) is 6.07 Å². The van der Waals surface area contributed by atoms with Crippen LogP contribution >= 0.6 is 0 Å². The number of rotatable bonds is 7. The molecule has 1 amide bonds. The summed E-state index contributed by atoms with van der Waals surface area (Å²) in [5.41, 5.74) is -0.817. The molecule has 5 heteroatoms. The van der Waals surface area contributed by atoms with Crippen LogP contribution in [0.4, 0.5) is 0 Å². The first-order chi connectivity index (χ1) is 9.25. The van der Waals surface area contributed by atoms with Gasteiger partial charge in [0, 0.05) is 13.2 Å². The van der Waals surface area contributed by atoms with E-state index in [2.05, 4.69) is 11.4 Å². The Morgan fingerprint density at radius 2 is 1.95 bits per heavy atom. The Morgan fingerprint density at radius 3 is 2.53 bits per heavy atom. The first-order valence-electron chi connectivity index (χ1n) is 7.13. The number of nitrogens with one attached hydrogen (secondary N) is 1. The highest BCUT2D eigenvalue weighted by atomic mass is 16.5. The summed E-state index contributed by atoms with van der Waals surface area (Å²) in [5.74, 6) is -0.126. The Bertz CT molecular complexity index is 304. The van der Waals surface area contributed by atoms with Gasteiger partial charge in [0.1, 0.15) is 5.41 Å². The number of nitrogens with zero attached hydrogens (tertiary/aromatic N) is 1. The number of aliphatic hydroxyl groups is 1. The predicted molar refractivity (Wildman–Crippen MR) is 71.3 cm³/mol. The second-order valence-corrected chi connectivity index (χ2v) is 5.05. The van der Waals surface area contributed by atoms with Crippen LogP contribution in [-0.4, -0.2) is 37.4 Å². The number of carbonyl (C=O) groups is 1. The number of nitriles is 1. The lowest BCUT2D eigenvalue weighted by Gasteiger charge is -2.23. The van der Waals surface area contributed by atoms with Crippen molar-refractivity contribution in [3.63, 3.8) is 0 Å². The molecule has 0 aromatic rings. The molecule has 19 heavy (non-hydrogen) atoms. The normalized spacial score (nSPS) is 18.3. The van der Waals surface area contributed by atoms with Crippen LogP contribution in [0.3, 0.4) is 0 Å². The summed E-state index contributed by atoms with van der Waals surface area (Å²) in [6, 6.07) is 2.24. The summed E-state index contributed by atoms with van der Waals surface area (Å²) in [6.45, 7) is 1.38. The minimum atomic E-state index is -0.817. The average molecular weight is 268 g/mol. The second-order valence-electron chi connectivity index (χ2n) is 5.05. The van der Waals surface area contributed by atoms with Crippen LogP contribution in [0.1, 0.15) is 44.9 Å². The highest BCUT2D eigenvalue weighted by molar-refractivity contribution is 5.85. The van der Waals surface area contributed by atoms with Crippen molar-refractivity contribution >= 4 is 5.91 Å². The van der Waals surface area contributed by atoms with E-state index in [0.29, 0.717) is 39.0 Å². The Labute approximate surface area is 114 Å². The van der Waals surface area contributed by atoms with Gasteiger partial charge in [-0.1, -0.05) is 25.7 Å². The summed E-state index contributed by atoms with van der Waals surface area (Å²) in [5, 5.41) is 20.7. The van der Waals surface area contributed by atoms with Gasteiger partial charge in [-0.05, 0) is 19.3 Å². The molecule has 0 spiro atoms. The molecule has 0 unspecified atom stereocenters. The topological polar surface area (TPSA) is 82.4 Å². The third-order valence-corrected chi connectivity index (χ3v) is 3.59. The van der Waals surface area contributed by atoms with Gasteiger partial charge >= 0.3 is 0 Å². The van der Waals surface area contributed by atoms with Crippen molar-refractivity contribution in [2.24, 2.45) is 5.41 Å². The zero-order chi connectivity index (χ0) is 14.0. The summed E-state index contributed by atoms with van der Waals surface area (Å²) >= 11 is 0. The number of hydrogen-bond acceptors (Lipinski definition) is 4. The molecule has 0 atom stereocenters. The first kappa shape index (κ1) is 15.9. The number of amides is 1. The molecule has 0 aromatic heterocycles. The molecule has 1 aliphatic rings. The Balaban J connectivity index is 2.31. The molecule has 0 aromatic carbocycles. The molecular formula is C14H24N2O3. The van der Waals surface area contributed by atoms with Gasteiger partial charge in [-0.25, -0.2) is 0 Å². The predicted octanol–water partition coefficient (Wildman–Crippen LogP) is 1.37. The minimum Gasteiger partial charge on any atom is -0.394 e. The van der Waals surface area contributed by atoms with Gasteiger partial charge in [-0.3, -0.25) is 4.79 Å². The van der Waals surface area contributed by atoms with Crippen LogP contribution < -0.4 is 5.32 Å². The van der Waals surface area contributed by atoms with Crippen LogP contribution in [0.15, 0.2) is 0 Å². The third-order valence-electron chi connectivity index (χ3n) is 3.59. The monoisotopic (exact) mass is 268 g/mol. The molecule has 0 bridgehead atoms. The molecule has 1 rings (SSSR count). The molecule has 2 N–H and O–H groups in total. The maximum Gasteiger partial charge on any atom is 0.240 e. The lowest BCUT2D eigenvalue weighted by atomic mass is 9.81. The van der Waals surface area contributed by atoms with Gasteiger partial charge in [-0.2, -0.15) is 5.26 Å². The largest absolute Gasteiger partial charge is 0.394 e. The highest BCUT2D eigenvalue weighted by Gasteiger charge is 2.38. The fourth-order valence-electron chi connectivity index (χ4n) is 2.43. The van der Waals surface area contributed by atoms with E-state index < -0.39 is 5.41 Å². The number of hydrogen-bond donors (Lipinski definition) is 2. The highest BCUT2D eigenvalue weighted by Crippen LogP contribution is 2.34. The molecular weight excluding hydrogens is 244 g/mol. The van der Waals surface area contributed by atoms with Crippen LogP contribution in [0, 0.1) is 16.7 Å². The number of carbonyl (C=O) groups excluding carboxylic acids is 1. The summed E-state index contributed by atoms with van der Waals surface area (Å²) in [6.07, 6.45) is 6.21. The standard InChI is InChI=1S/C14H24N2O3/c15-12-14(6-3-1-2-4-7-14)13(18)16-8-5-10-19-11-9-17/h17H,1-11H2,(H,16,18). The van der Waals surface area contributed by atoms with E-state index in [1.165, 1.54) is 0 Å². The van der Waals surface area contributed by atoms with Gasteiger partial charge in [0.05, 0.1) is 19.3 Å². The molecule has 0 saturated heterocycles. The maximum atomic E-state index is 12.2. The van der Waals surface area contributed by atoms with E-state index >= 15 is 0 Å². The second kappa shape index (κ2) is 8.89. The average Bonchev–Trinajstić information content (AvgIpc) is 2.68. The lowest BCUT2D eigenvalue weighted by molar-refractivity contribution is -0.128. The Hall–Kier alpha value is -1.12. The van der Waals surface area contributed by atoms with Crippen LogP contribution in [-0.2, 0) is 9.53 Å². The summed E-state index contributed by atoms with van der Waals surface area (Å²) < 4.78 is 5.12. The Kier molecular flexibility index (Phi) is 7.46. The fourth-order valence-corrected chi connectivity index (χ4v) is 2.43.